The van der Waals surface area contributed by atoms with Crippen molar-refractivity contribution in [1.29, 1.82) is 0 Å². The maximum atomic E-state index is 3.98. The summed E-state index contributed by atoms with van der Waals surface area (Å²) in [5, 5.41) is 2.56. The molecule has 1 heterocycles. The summed E-state index contributed by atoms with van der Waals surface area (Å²) < 4.78 is 0. The molecule has 4 aromatic rings. The lowest BCUT2D eigenvalue weighted by molar-refractivity contribution is 1.20. The number of benzene rings is 3. The van der Waals surface area contributed by atoms with Gasteiger partial charge in [-0.25, -0.2) is 0 Å². The van der Waals surface area contributed by atoms with E-state index < -0.39 is 0 Å². The molecule has 1 nitrogen and oxygen atoms in total. The first-order valence-corrected chi connectivity index (χ1v) is 7.55. The fourth-order valence-electron chi connectivity index (χ4n) is 3.17. The zero-order valence-electron chi connectivity index (χ0n) is 12.3. The minimum absolute atomic E-state index is 0.909. The second-order valence-electron chi connectivity index (χ2n) is 5.59. The monoisotopic (exact) mass is 283 g/mol. The molecule has 1 heteroatoms. The molecule has 1 aromatic heterocycles. The Morgan fingerprint density at radius 3 is 2.41 bits per heavy atom. The van der Waals surface area contributed by atoms with E-state index in [1.54, 1.807) is 0 Å². The molecule has 0 fully saturated rings. The van der Waals surface area contributed by atoms with Crippen molar-refractivity contribution < 1.29 is 0 Å². The van der Waals surface area contributed by atoms with E-state index in [0.29, 0.717) is 0 Å². The summed E-state index contributed by atoms with van der Waals surface area (Å²) >= 11 is 0. The molecule has 0 unspecified atom stereocenters. The third kappa shape index (κ3) is 2.03. The molecule has 1 N–H and O–H groups in total. The smallest absolute Gasteiger partial charge is 0.0506 e. The zero-order valence-corrected chi connectivity index (χ0v) is 12.3. The van der Waals surface area contributed by atoms with Crippen molar-refractivity contribution in [2.75, 3.05) is 0 Å². The number of nitrogens with one attached hydrogen (secondary N) is 1. The first-order valence-electron chi connectivity index (χ1n) is 7.55. The highest BCUT2D eigenvalue weighted by atomic mass is 14.7. The van der Waals surface area contributed by atoms with Gasteiger partial charge in [-0.15, -0.1) is 0 Å². The fraction of sp³-hybridized carbons (Fsp3) is 0.0476. The Morgan fingerprint density at radius 1 is 0.818 bits per heavy atom. The maximum Gasteiger partial charge on any atom is 0.0506 e. The van der Waals surface area contributed by atoms with Gasteiger partial charge in [0, 0.05) is 22.7 Å². The van der Waals surface area contributed by atoms with E-state index in [0.717, 1.165) is 6.42 Å². The normalized spacial score (nSPS) is 11.1. The van der Waals surface area contributed by atoms with Gasteiger partial charge in [0.15, 0.2) is 0 Å². The Hall–Kier alpha value is -2.80. The van der Waals surface area contributed by atoms with Crippen molar-refractivity contribution >= 4 is 27.9 Å². The number of H-pyrrole nitrogens is 1. The molecular formula is C21H17N. The van der Waals surface area contributed by atoms with Crippen molar-refractivity contribution in [1.82, 2.24) is 4.98 Å². The van der Waals surface area contributed by atoms with E-state index in [1.165, 1.54) is 38.5 Å². The highest BCUT2D eigenvalue weighted by Gasteiger charge is 2.11. The zero-order chi connectivity index (χ0) is 14.9. The van der Waals surface area contributed by atoms with Gasteiger partial charge in [-0.3, -0.25) is 0 Å². The standard InChI is InChI=1S/C21H17N/c1-2-16-12-13-18-17-10-6-7-11-20(17)22-21(18)19(16)14-15-8-4-3-5-9-15/h2-13,22H,1,14H2. The van der Waals surface area contributed by atoms with Gasteiger partial charge in [0.25, 0.3) is 0 Å². The van der Waals surface area contributed by atoms with Gasteiger partial charge >= 0.3 is 0 Å². The molecule has 0 spiro atoms. The molecule has 0 saturated carbocycles. The third-order valence-corrected chi connectivity index (χ3v) is 4.27. The van der Waals surface area contributed by atoms with Crippen LogP contribution >= 0.6 is 0 Å². The van der Waals surface area contributed by atoms with Crippen LogP contribution in [-0.2, 0) is 6.42 Å². The number of rotatable bonds is 3. The summed E-state index contributed by atoms with van der Waals surface area (Å²) in [6.45, 7) is 3.98. The molecule has 0 aliphatic carbocycles. The predicted octanol–water partition coefficient (Wildman–Crippen LogP) is 5.55. The third-order valence-electron chi connectivity index (χ3n) is 4.27. The van der Waals surface area contributed by atoms with E-state index in [2.05, 4.69) is 78.3 Å². The highest BCUT2D eigenvalue weighted by Crippen LogP contribution is 2.31. The van der Waals surface area contributed by atoms with Crippen LogP contribution in [0.5, 0.6) is 0 Å². The number of fused-ring (bicyclic) bond motifs is 3. The van der Waals surface area contributed by atoms with Gasteiger partial charge in [-0.1, -0.05) is 73.3 Å². The van der Waals surface area contributed by atoms with Crippen LogP contribution in [0.3, 0.4) is 0 Å². The Kier molecular flexibility index (Phi) is 3.05. The van der Waals surface area contributed by atoms with Gasteiger partial charge in [0.05, 0.1) is 5.52 Å². The van der Waals surface area contributed by atoms with Crippen LogP contribution in [0.1, 0.15) is 16.7 Å². The largest absolute Gasteiger partial charge is 0.354 e. The number of hydrogen-bond acceptors (Lipinski definition) is 0. The lowest BCUT2D eigenvalue weighted by Crippen LogP contribution is -1.93. The number of aromatic nitrogens is 1. The van der Waals surface area contributed by atoms with Gasteiger partial charge in [0.2, 0.25) is 0 Å². The van der Waals surface area contributed by atoms with E-state index >= 15 is 0 Å². The molecule has 3 aromatic carbocycles. The van der Waals surface area contributed by atoms with Gasteiger partial charge in [-0.2, -0.15) is 0 Å². The molecule has 4 rings (SSSR count). The van der Waals surface area contributed by atoms with Crippen LogP contribution in [-0.4, -0.2) is 4.98 Å². The highest BCUT2D eigenvalue weighted by molar-refractivity contribution is 6.09. The first-order chi connectivity index (χ1) is 10.9. The second kappa shape index (κ2) is 5.19. The van der Waals surface area contributed by atoms with Crippen LogP contribution in [0.4, 0.5) is 0 Å². The quantitative estimate of drug-likeness (QED) is 0.507. The van der Waals surface area contributed by atoms with Crippen molar-refractivity contribution in [3.63, 3.8) is 0 Å². The van der Waals surface area contributed by atoms with Crippen LogP contribution in [0.2, 0.25) is 0 Å². The Balaban J connectivity index is 1.99. The molecule has 22 heavy (non-hydrogen) atoms. The maximum absolute atomic E-state index is 3.98. The number of para-hydroxylation sites is 1. The van der Waals surface area contributed by atoms with Crippen molar-refractivity contribution in [2.24, 2.45) is 0 Å². The molecule has 0 saturated heterocycles. The summed E-state index contributed by atoms with van der Waals surface area (Å²) in [7, 11) is 0. The summed E-state index contributed by atoms with van der Waals surface area (Å²) in [6, 6.07) is 23.4. The van der Waals surface area contributed by atoms with E-state index in [-0.39, 0.29) is 0 Å². The lowest BCUT2D eigenvalue weighted by Gasteiger charge is -2.08. The minimum Gasteiger partial charge on any atom is -0.354 e. The van der Waals surface area contributed by atoms with E-state index in [4.69, 9.17) is 0 Å². The van der Waals surface area contributed by atoms with Crippen molar-refractivity contribution in [3.8, 4) is 0 Å². The SMILES string of the molecule is C=Cc1ccc2c([nH]c3ccccc32)c1Cc1ccccc1. The van der Waals surface area contributed by atoms with Crippen LogP contribution < -0.4 is 0 Å². The summed E-state index contributed by atoms with van der Waals surface area (Å²) in [6.07, 6.45) is 2.86. The van der Waals surface area contributed by atoms with Gasteiger partial charge < -0.3 is 4.98 Å². The number of hydrogen-bond donors (Lipinski definition) is 1. The van der Waals surface area contributed by atoms with E-state index in [1.807, 2.05) is 6.08 Å². The molecule has 0 aliphatic heterocycles. The Morgan fingerprint density at radius 2 is 1.59 bits per heavy atom. The lowest BCUT2D eigenvalue weighted by atomic mass is 9.97. The predicted molar refractivity (Wildman–Crippen MR) is 95.1 cm³/mol. The first kappa shape index (κ1) is 12.9. The molecule has 0 atom stereocenters. The fourth-order valence-corrected chi connectivity index (χ4v) is 3.17. The summed E-state index contributed by atoms with van der Waals surface area (Å²) in [5.74, 6) is 0. The minimum atomic E-state index is 0.909. The molecule has 0 bridgehead atoms. The molecule has 106 valence electrons. The topological polar surface area (TPSA) is 15.8 Å². The Labute approximate surface area is 129 Å². The summed E-state index contributed by atoms with van der Waals surface area (Å²) in [5.41, 5.74) is 6.24. The molecule has 0 radical (unpaired) electrons. The molecule has 0 aliphatic rings. The Bertz CT molecular complexity index is 961. The van der Waals surface area contributed by atoms with Crippen LogP contribution in [0.25, 0.3) is 27.9 Å². The van der Waals surface area contributed by atoms with Crippen molar-refractivity contribution in [2.45, 2.75) is 6.42 Å². The molecular weight excluding hydrogens is 266 g/mol. The second-order valence-corrected chi connectivity index (χ2v) is 5.59. The van der Waals surface area contributed by atoms with Gasteiger partial charge in [-0.05, 0) is 22.8 Å². The molecule has 0 amide bonds. The average Bonchev–Trinajstić information content (AvgIpc) is 2.95. The average molecular weight is 283 g/mol. The van der Waals surface area contributed by atoms with Crippen molar-refractivity contribution in [3.05, 3.63) is 90.0 Å². The number of aromatic amines is 1. The van der Waals surface area contributed by atoms with Crippen LogP contribution in [0.15, 0.2) is 73.3 Å². The van der Waals surface area contributed by atoms with E-state index in [9.17, 15) is 0 Å². The summed E-state index contributed by atoms with van der Waals surface area (Å²) in [4.78, 5) is 3.59. The van der Waals surface area contributed by atoms with Crippen LogP contribution in [0, 0.1) is 0 Å². The van der Waals surface area contributed by atoms with Gasteiger partial charge in [0.1, 0.15) is 0 Å².